The van der Waals surface area contributed by atoms with Crippen molar-refractivity contribution >= 4 is 53.7 Å². The molecule has 0 spiro atoms. The van der Waals surface area contributed by atoms with Crippen LogP contribution in [0.5, 0.6) is 0 Å². The average molecular weight is 485 g/mol. The molecule has 1 aromatic rings. The largest absolute Gasteiger partial charge is 0.481 e. The number of carbonyl (C=O) groups excluding carboxylic acids is 3. The molecule has 1 fully saturated rings. The van der Waals surface area contributed by atoms with E-state index in [1.54, 1.807) is 0 Å². The number of likely N-dealkylation sites (N-methyl/N-ethyl adjacent to an activating group) is 1. The Morgan fingerprint density at radius 3 is 2.27 bits per heavy atom. The van der Waals surface area contributed by atoms with E-state index in [0.29, 0.717) is 5.69 Å². The van der Waals surface area contributed by atoms with Crippen molar-refractivity contribution in [1.29, 1.82) is 5.41 Å². The summed E-state index contributed by atoms with van der Waals surface area (Å²) < 4.78 is 0. The minimum Gasteiger partial charge on any atom is -0.481 e. The minimum atomic E-state index is -1.35. The number of piperazine rings is 1. The van der Waals surface area contributed by atoms with Gasteiger partial charge in [-0.25, -0.2) is 0 Å². The van der Waals surface area contributed by atoms with Crippen LogP contribution in [0.1, 0.15) is 16.8 Å². The third-order valence-electron chi connectivity index (χ3n) is 4.73. The zero-order chi connectivity index (χ0) is 24.0. The standard InChI is InChI=1S/C19H24N6O7.ClH/c1-23(17(31)11-2-4-12(5-3-11)22-19(20)21)9-14(26)25-7-6-24(10-16(29)30)18(32)13(25)8-15(27)28;/h2-5,13H,6-10H2,1H3,(H,27,28)(H,29,30)(H4,20,21,22);1H. The molecule has 1 aliphatic rings. The van der Waals surface area contributed by atoms with Crippen LogP contribution in [-0.4, -0.2) is 99.8 Å². The fraction of sp³-hybridized carbons (Fsp3) is 0.368. The first kappa shape index (κ1) is 27.2. The van der Waals surface area contributed by atoms with E-state index in [-0.39, 0.29) is 37.0 Å². The zero-order valence-electron chi connectivity index (χ0n) is 17.7. The summed E-state index contributed by atoms with van der Waals surface area (Å²) in [7, 11) is 1.39. The first-order chi connectivity index (χ1) is 15.0. The van der Waals surface area contributed by atoms with Crippen molar-refractivity contribution in [2.24, 2.45) is 5.73 Å². The van der Waals surface area contributed by atoms with Crippen LogP contribution in [0.3, 0.4) is 0 Å². The third-order valence-corrected chi connectivity index (χ3v) is 4.73. The van der Waals surface area contributed by atoms with Gasteiger partial charge in [-0.3, -0.25) is 29.4 Å². The molecular weight excluding hydrogens is 460 g/mol. The number of rotatable bonds is 8. The van der Waals surface area contributed by atoms with Gasteiger partial charge < -0.3 is 36.0 Å². The molecule has 0 bridgehead atoms. The van der Waals surface area contributed by atoms with E-state index in [1.165, 1.54) is 31.3 Å². The van der Waals surface area contributed by atoms with E-state index in [2.05, 4.69) is 5.32 Å². The lowest BCUT2D eigenvalue weighted by Gasteiger charge is -2.40. The Kier molecular flexibility index (Phi) is 9.60. The normalized spacial score (nSPS) is 15.3. The van der Waals surface area contributed by atoms with Gasteiger partial charge in [0.2, 0.25) is 11.8 Å². The number of nitrogens with two attached hydrogens (primary N) is 1. The Bertz CT molecular complexity index is 939. The molecular formula is C19H25ClN6O7. The van der Waals surface area contributed by atoms with Crippen molar-refractivity contribution in [2.45, 2.75) is 12.5 Å². The van der Waals surface area contributed by atoms with Crippen molar-refractivity contribution in [1.82, 2.24) is 14.7 Å². The van der Waals surface area contributed by atoms with E-state index in [9.17, 15) is 24.0 Å². The molecule has 1 heterocycles. The molecule has 0 saturated carbocycles. The van der Waals surface area contributed by atoms with E-state index >= 15 is 0 Å². The molecule has 180 valence electrons. The predicted molar refractivity (Wildman–Crippen MR) is 118 cm³/mol. The monoisotopic (exact) mass is 484 g/mol. The molecule has 13 nitrogen and oxygen atoms in total. The molecule has 6 N–H and O–H groups in total. The third kappa shape index (κ3) is 7.35. The van der Waals surface area contributed by atoms with Gasteiger partial charge in [-0.2, -0.15) is 0 Å². The number of halogens is 1. The first-order valence-corrected chi connectivity index (χ1v) is 9.48. The van der Waals surface area contributed by atoms with E-state index in [1.807, 2.05) is 0 Å². The highest BCUT2D eigenvalue weighted by Gasteiger charge is 2.39. The first-order valence-electron chi connectivity index (χ1n) is 9.48. The van der Waals surface area contributed by atoms with Gasteiger partial charge in [0, 0.05) is 31.4 Å². The predicted octanol–water partition coefficient (Wildman–Crippen LogP) is -0.916. The number of nitrogens with zero attached hydrogens (tertiary/aromatic N) is 3. The lowest BCUT2D eigenvalue weighted by atomic mass is 10.1. The van der Waals surface area contributed by atoms with Gasteiger partial charge >= 0.3 is 11.9 Å². The van der Waals surface area contributed by atoms with Gasteiger partial charge in [0.1, 0.15) is 12.6 Å². The Morgan fingerprint density at radius 1 is 1.15 bits per heavy atom. The molecule has 33 heavy (non-hydrogen) atoms. The lowest BCUT2D eigenvalue weighted by molar-refractivity contribution is -0.158. The summed E-state index contributed by atoms with van der Waals surface area (Å²) >= 11 is 0. The molecule has 3 amide bonds. The second-order valence-electron chi connectivity index (χ2n) is 7.13. The van der Waals surface area contributed by atoms with Crippen LogP contribution in [0.25, 0.3) is 0 Å². The molecule has 1 atom stereocenters. The lowest BCUT2D eigenvalue weighted by Crippen LogP contribution is -2.61. The molecule has 14 heteroatoms. The molecule has 0 aromatic heterocycles. The van der Waals surface area contributed by atoms with Crippen molar-refractivity contribution < 1.29 is 34.2 Å². The Balaban J connectivity index is 0.00000544. The highest BCUT2D eigenvalue weighted by atomic mass is 35.5. The number of carbonyl (C=O) groups is 5. The highest BCUT2D eigenvalue weighted by molar-refractivity contribution is 5.98. The van der Waals surface area contributed by atoms with Crippen LogP contribution in [-0.2, 0) is 19.2 Å². The fourth-order valence-corrected chi connectivity index (χ4v) is 3.26. The van der Waals surface area contributed by atoms with Crippen LogP contribution in [0, 0.1) is 5.41 Å². The van der Waals surface area contributed by atoms with Gasteiger partial charge in [0.15, 0.2) is 5.96 Å². The number of benzene rings is 1. The van der Waals surface area contributed by atoms with Crippen LogP contribution < -0.4 is 11.1 Å². The Hall–Kier alpha value is -3.87. The van der Waals surface area contributed by atoms with Gasteiger partial charge in [-0.15, -0.1) is 12.4 Å². The molecule has 1 aromatic carbocycles. The Labute approximate surface area is 195 Å². The van der Waals surface area contributed by atoms with Crippen LogP contribution in [0.4, 0.5) is 5.69 Å². The van der Waals surface area contributed by atoms with E-state index in [0.717, 1.165) is 14.7 Å². The van der Waals surface area contributed by atoms with Gasteiger partial charge in [0.25, 0.3) is 5.91 Å². The number of anilines is 1. The summed E-state index contributed by atoms with van der Waals surface area (Å²) in [6.45, 7) is -1.11. The molecule has 0 aliphatic carbocycles. The van der Waals surface area contributed by atoms with Crippen molar-refractivity contribution in [3.05, 3.63) is 29.8 Å². The van der Waals surface area contributed by atoms with Crippen molar-refractivity contribution in [3.8, 4) is 0 Å². The summed E-state index contributed by atoms with van der Waals surface area (Å²) in [6.07, 6.45) is -0.678. The highest BCUT2D eigenvalue weighted by Crippen LogP contribution is 2.16. The number of carboxylic acids is 2. The number of hydrogen-bond acceptors (Lipinski definition) is 6. The quantitative estimate of drug-likeness (QED) is 0.229. The topological polar surface area (TPSA) is 197 Å². The van der Waals surface area contributed by atoms with E-state index < -0.39 is 55.2 Å². The smallest absolute Gasteiger partial charge is 0.323 e. The SMILES string of the molecule is CN(CC(=O)N1CCN(CC(=O)O)C(=O)C1CC(=O)O)C(=O)c1ccc(NC(=N)N)cc1.Cl. The average Bonchev–Trinajstić information content (AvgIpc) is 2.70. The summed E-state index contributed by atoms with van der Waals surface area (Å²) in [4.78, 5) is 63.3. The maximum Gasteiger partial charge on any atom is 0.323 e. The second-order valence-corrected chi connectivity index (χ2v) is 7.13. The van der Waals surface area contributed by atoms with Gasteiger partial charge in [-0.1, -0.05) is 0 Å². The number of carboxylic acid groups (broad SMARTS) is 2. The summed E-state index contributed by atoms with van der Waals surface area (Å²) in [5.74, 6) is -4.72. The molecule has 0 radical (unpaired) electrons. The Morgan fingerprint density at radius 2 is 1.76 bits per heavy atom. The van der Waals surface area contributed by atoms with Crippen molar-refractivity contribution in [2.75, 3.05) is 38.5 Å². The van der Waals surface area contributed by atoms with Crippen LogP contribution in [0.2, 0.25) is 0 Å². The maximum atomic E-state index is 12.8. The molecule has 2 rings (SSSR count). The zero-order valence-corrected chi connectivity index (χ0v) is 18.5. The summed E-state index contributed by atoms with van der Waals surface area (Å²) in [5.41, 5.74) is 6.01. The number of guanidine groups is 1. The number of nitrogens with one attached hydrogen (secondary N) is 2. The van der Waals surface area contributed by atoms with Gasteiger partial charge in [0.05, 0.1) is 13.0 Å². The molecule has 1 unspecified atom stereocenters. The summed E-state index contributed by atoms with van der Waals surface area (Å²) in [5, 5.41) is 27.8. The molecule has 1 aliphatic heterocycles. The number of aliphatic carboxylic acids is 2. The van der Waals surface area contributed by atoms with Gasteiger partial charge in [-0.05, 0) is 24.3 Å². The maximum absolute atomic E-state index is 12.8. The summed E-state index contributed by atoms with van der Waals surface area (Å²) in [6, 6.07) is 4.68. The molecule has 1 saturated heterocycles. The second kappa shape index (κ2) is 11.7. The van der Waals surface area contributed by atoms with Crippen LogP contribution in [0.15, 0.2) is 24.3 Å². The van der Waals surface area contributed by atoms with Crippen LogP contribution >= 0.6 is 12.4 Å². The number of hydrogen-bond donors (Lipinski definition) is 5. The fourth-order valence-electron chi connectivity index (χ4n) is 3.26. The van der Waals surface area contributed by atoms with Crippen molar-refractivity contribution in [3.63, 3.8) is 0 Å². The van der Waals surface area contributed by atoms with E-state index in [4.69, 9.17) is 21.4 Å². The number of amides is 3. The minimum absolute atomic E-state index is 0.